The van der Waals surface area contributed by atoms with Crippen molar-refractivity contribution in [3.63, 3.8) is 0 Å². The van der Waals surface area contributed by atoms with Crippen LogP contribution in [0.25, 0.3) is 0 Å². The van der Waals surface area contributed by atoms with Gasteiger partial charge in [0.2, 0.25) is 18.6 Å². The summed E-state index contributed by atoms with van der Waals surface area (Å²) >= 11 is 0. The van der Waals surface area contributed by atoms with Crippen LogP contribution < -0.4 is 20.1 Å². The molecule has 2 aliphatic heterocycles. The molecule has 1 fully saturated rings. The summed E-state index contributed by atoms with van der Waals surface area (Å²) in [5, 5.41) is 5.78. The number of rotatable bonds is 6. The van der Waals surface area contributed by atoms with Crippen molar-refractivity contribution in [3.05, 3.63) is 48.0 Å². The highest BCUT2D eigenvalue weighted by Gasteiger charge is 2.26. The van der Waals surface area contributed by atoms with Crippen LogP contribution in [0.2, 0.25) is 0 Å². The second-order valence-corrected chi connectivity index (χ2v) is 7.79. The maximum atomic E-state index is 12.6. The van der Waals surface area contributed by atoms with Gasteiger partial charge in [-0.2, -0.15) is 0 Å². The molecule has 162 valence electrons. The Morgan fingerprint density at radius 3 is 2.48 bits per heavy atom. The number of nitrogens with zero attached hydrogens (tertiary/aromatic N) is 1. The van der Waals surface area contributed by atoms with Gasteiger partial charge in [0, 0.05) is 28.9 Å². The molecule has 8 nitrogen and oxygen atoms in total. The van der Waals surface area contributed by atoms with Crippen molar-refractivity contribution < 1.29 is 23.9 Å². The minimum atomic E-state index is -0.135. The second-order valence-electron chi connectivity index (χ2n) is 7.79. The molecule has 0 atom stereocenters. The highest BCUT2D eigenvalue weighted by molar-refractivity contribution is 5.97. The van der Waals surface area contributed by atoms with E-state index in [9.17, 15) is 14.4 Å². The molecule has 0 radical (unpaired) electrons. The molecule has 31 heavy (non-hydrogen) atoms. The average molecular weight is 423 g/mol. The van der Waals surface area contributed by atoms with Crippen LogP contribution in [-0.2, 0) is 9.59 Å². The predicted molar refractivity (Wildman–Crippen MR) is 115 cm³/mol. The van der Waals surface area contributed by atoms with Crippen LogP contribution in [0.4, 0.5) is 11.4 Å². The topological polar surface area (TPSA) is 97.0 Å². The minimum Gasteiger partial charge on any atom is -0.454 e. The van der Waals surface area contributed by atoms with Crippen molar-refractivity contribution in [2.75, 3.05) is 37.1 Å². The third-order valence-electron chi connectivity index (χ3n) is 5.52. The van der Waals surface area contributed by atoms with E-state index < -0.39 is 0 Å². The summed E-state index contributed by atoms with van der Waals surface area (Å²) in [6.07, 6.45) is 1.37. The van der Waals surface area contributed by atoms with Crippen molar-refractivity contribution in [2.45, 2.75) is 19.8 Å². The van der Waals surface area contributed by atoms with Gasteiger partial charge in [-0.25, -0.2) is 0 Å². The monoisotopic (exact) mass is 423 g/mol. The Morgan fingerprint density at radius 2 is 1.71 bits per heavy atom. The van der Waals surface area contributed by atoms with Crippen LogP contribution in [0.15, 0.2) is 42.5 Å². The largest absolute Gasteiger partial charge is 0.454 e. The molecule has 8 heteroatoms. The lowest BCUT2D eigenvalue weighted by Gasteiger charge is -2.30. The summed E-state index contributed by atoms with van der Waals surface area (Å²) < 4.78 is 10.6. The van der Waals surface area contributed by atoms with E-state index in [4.69, 9.17) is 9.47 Å². The molecule has 0 bridgehead atoms. The first-order valence-electron chi connectivity index (χ1n) is 10.3. The standard InChI is InChI=1S/C23H25N3O5/c1-15(27)17-3-2-4-18(11-17)24-22(28)13-26-9-7-16(8-10-26)23(29)25-19-5-6-20-21(12-19)31-14-30-20/h2-6,11-12,16H,7-10,13-14H2,1H3,(H,24,28)(H,25,29). The average Bonchev–Trinajstić information content (AvgIpc) is 3.22. The highest BCUT2D eigenvalue weighted by Crippen LogP contribution is 2.34. The Bertz CT molecular complexity index is 998. The molecule has 1 saturated heterocycles. The van der Waals surface area contributed by atoms with Gasteiger partial charge >= 0.3 is 0 Å². The third kappa shape index (κ3) is 5.21. The van der Waals surface area contributed by atoms with Crippen LogP contribution >= 0.6 is 0 Å². The van der Waals surface area contributed by atoms with Crippen LogP contribution in [0.1, 0.15) is 30.1 Å². The number of hydrogen-bond acceptors (Lipinski definition) is 6. The number of hydrogen-bond donors (Lipinski definition) is 2. The zero-order valence-corrected chi connectivity index (χ0v) is 17.3. The van der Waals surface area contributed by atoms with Crippen molar-refractivity contribution in [1.82, 2.24) is 4.90 Å². The van der Waals surface area contributed by atoms with Crippen LogP contribution in [-0.4, -0.2) is 48.9 Å². The van der Waals surface area contributed by atoms with Crippen molar-refractivity contribution in [3.8, 4) is 11.5 Å². The molecule has 2 heterocycles. The number of ketones is 1. The summed E-state index contributed by atoms with van der Waals surface area (Å²) in [6, 6.07) is 12.2. The molecule has 0 unspecified atom stereocenters. The van der Waals surface area contributed by atoms with Gasteiger partial charge in [0.05, 0.1) is 6.54 Å². The lowest BCUT2D eigenvalue weighted by molar-refractivity contribution is -0.121. The number of amides is 2. The molecule has 4 rings (SSSR count). The number of likely N-dealkylation sites (tertiary alicyclic amines) is 1. The first-order valence-corrected chi connectivity index (χ1v) is 10.3. The number of carbonyl (C=O) groups is 3. The fourth-order valence-electron chi connectivity index (χ4n) is 3.79. The third-order valence-corrected chi connectivity index (χ3v) is 5.52. The number of piperidine rings is 1. The number of anilines is 2. The molecule has 2 aromatic carbocycles. The smallest absolute Gasteiger partial charge is 0.238 e. The summed E-state index contributed by atoms with van der Waals surface area (Å²) in [5.74, 6) is 1.01. The quantitative estimate of drug-likeness (QED) is 0.694. The van der Waals surface area contributed by atoms with E-state index in [-0.39, 0.29) is 36.9 Å². The van der Waals surface area contributed by atoms with E-state index in [1.54, 1.807) is 42.5 Å². The fourth-order valence-corrected chi connectivity index (χ4v) is 3.79. The molecule has 0 aliphatic carbocycles. The van der Waals surface area contributed by atoms with Gasteiger partial charge in [-0.15, -0.1) is 0 Å². The summed E-state index contributed by atoms with van der Waals surface area (Å²) in [6.45, 7) is 3.27. The number of benzene rings is 2. The van der Waals surface area contributed by atoms with Gasteiger partial charge in [0.15, 0.2) is 17.3 Å². The number of fused-ring (bicyclic) bond motifs is 1. The van der Waals surface area contributed by atoms with E-state index in [0.717, 1.165) is 0 Å². The number of ether oxygens (including phenoxy) is 2. The maximum absolute atomic E-state index is 12.6. The fraction of sp³-hybridized carbons (Fsp3) is 0.348. The molecule has 2 aromatic rings. The van der Waals surface area contributed by atoms with E-state index in [1.165, 1.54) is 6.92 Å². The number of nitrogens with one attached hydrogen (secondary N) is 2. The Labute approximate surface area is 180 Å². The first kappa shape index (κ1) is 20.9. The molecular weight excluding hydrogens is 398 g/mol. The maximum Gasteiger partial charge on any atom is 0.238 e. The first-order chi connectivity index (χ1) is 15.0. The molecule has 0 aromatic heterocycles. The Kier molecular flexibility index (Phi) is 6.18. The van der Waals surface area contributed by atoms with E-state index >= 15 is 0 Å². The Balaban J connectivity index is 1.24. The van der Waals surface area contributed by atoms with Gasteiger partial charge in [0.25, 0.3) is 0 Å². The molecule has 2 aliphatic rings. The summed E-state index contributed by atoms with van der Waals surface area (Å²) in [7, 11) is 0. The van der Waals surface area contributed by atoms with E-state index in [0.29, 0.717) is 54.4 Å². The Hall–Kier alpha value is -3.39. The molecule has 2 amide bonds. The Morgan fingerprint density at radius 1 is 0.968 bits per heavy atom. The predicted octanol–water partition coefficient (Wildman–Crippen LogP) is 2.91. The zero-order valence-electron chi connectivity index (χ0n) is 17.3. The molecule has 0 spiro atoms. The molecule has 2 N–H and O–H groups in total. The number of Topliss-reactive ketones (excluding diaryl/α,β-unsaturated/α-hetero) is 1. The van der Waals surface area contributed by atoms with Gasteiger partial charge < -0.3 is 20.1 Å². The lowest BCUT2D eigenvalue weighted by Crippen LogP contribution is -2.41. The van der Waals surface area contributed by atoms with E-state index in [1.807, 2.05) is 4.90 Å². The van der Waals surface area contributed by atoms with Gasteiger partial charge in [-0.05, 0) is 57.1 Å². The summed E-state index contributed by atoms with van der Waals surface area (Å²) in [4.78, 5) is 38.5. The minimum absolute atomic E-state index is 0.0241. The second kappa shape index (κ2) is 9.18. The normalized spacial score (nSPS) is 16.0. The van der Waals surface area contributed by atoms with Crippen LogP contribution in [0.3, 0.4) is 0 Å². The SMILES string of the molecule is CC(=O)c1cccc(NC(=O)CN2CCC(C(=O)Nc3ccc4c(c3)OCO4)CC2)c1. The van der Waals surface area contributed by atoms with Gasteiger partial charge in [0.1, 0.15) is 0 Å². The zero-order chi connectivity index (χ0) is 21.8. The highest BCUT2D eigenvalue weighted by atomic mass is 16.7. The van der Waals surface area contributed by atoms with E-state index in [2.05, 4.69) is 10.6 Å². The van der Waals surface area contributed by atoms with Crippen molar-refractivity contribution >= 4 is 29.0 Å². The molecule has 0 saturated carbocycles. The van der Waals surface area contributed by atoms with Crippen LogP contribution in [0, 0.1) is 5.92 Å². The lowest BCUT2D eigenvalue weighted by atomic mass is 9.95. The van der Waals surface area contributed by atoms with Crippen molar-refractivity contribution in [1.29, 1.82) is 0 Å². The van der Waals surface area contributed by atoms with Gasteiger partial charge in [-0.1, -0.05) is 12.1 Å². The molecular formula is C23H25N3O5. The van der Waals surface area contributed by atoms with Crippen molar-refractivity contribution in [2.24, 2.45) is 5.92 Å². The number of carbonyl (C=O) groups excluding carboxylic acids is 3. The van der Waals surface area contributed by atoms with Gasteiger partial charge in [-0.3, -0.25) is 19.3 Å². The van der Waals surface area contributed by atoms with Crippen LogP contribution in [0.5, 0.6) is 11.5 Å². The summed E-state index contributed by atoms with van der Waals surface area (Å²) in [5.41, 5.74) is 1.85.